The van der Waals surface area contributed by atoms with E-state index in [4.69, 9.17) is 0 Å². The van der Waals surface area contributed by atoms with Gasteiger partial charge in [0.2, 0.25) is 5.82 Å². The molecule has 3 aromatic rings. The molecular formula is C21H23N5O2. The van der Waals surface area contributed by atoms with E-state index in [1.54, 1.807) is 31.2 Å². The van der Waals surface area contributed by atoms with E-state index < -0.39 is 6.04 Å². The van der Waals surface area contributed by atoms with Gasteiger partial charge in [-0.05, 0) is 54.8 Å². The van der Waals surface area contributed by atoms with E-state index in [2.05, 4.69) is 34.6 Å². The number of hydrogen-bond acceptors (Lipinski definition) is 5. The lowest BCUT2D eigenvalue weighted by Gasteiger charge is -2.11. The van der Waals surface area contributed by atoms with Crippen molar-refractivity contribution in [2.24, 2.45) is 0 Å². The third-order valence-electron chi connectivity index (χ3n) is 4.55. The SMILES string of the molecule is CC(=O)c1ccc(NC(=O)[C@@H](C)n2nnc(-c3ccc(C(C)C)cc3)n2)cc1. The van der Waals surface area contributed by atoms with Crippen molar-refractivity contribution in [3.8, 4) is 11.4 Å². The van der Waals surface area contributed by atoms with Gasteiger partial charge in [-0.2, -0.15) is 4.80 Å². The summed E-state index contributed by atoms with van der Waals surface area (Å²) in [4.78, 5) is 25.1. The lowest BCUT2D eigenvalue weighted by atomic mass is 10.0. The topological polar surface area (TPSA) is 89.8 Å². The average Bonchev–Trinajstić information content (AvgIpc) is 3.18. The molecule has 0 saturated heterocycles. The van der Waals surface area contributed by atoms with Crippen molar-refractivity contribution in [3.05, 3.63) is 59.7 Å². The zero-order chi connectivity index (χ0) is 20.3. The maximum Gasteiger partial charge on any atom is 0.250 e. The number of benzene rings is 2. The summed E-state index contributed by atoms with van der Waals surface area (Å²) < 4.78 is 0. The monoisotopic (exact) mass is 377 g/mol. The average molecular weight is 377 g/mol. The Labute approximate surface area is 163 Å². The third kappa shape index (κ3) is 4.31. The van der Waals surface area contributed by atoms with Crippen molar-refractivity contribution in [2.45, 2.75) is 39.7 Å². The maximum absolute atomic E-state index is 12.5. The van der Waals surface area contributed by atoms with Gasteiger partial charge < -0.3 is 5.32 Å². The zero-order valence-corrected chi connectivity index (χ0v) is 16.4. The Hall–Kier alpha value is -3.35. The molecule has 0 bridgehead atoms. The predicted octanol–water partition coefficient (Wildman–Crippen LogP) is 3.87. The van der Waals surface area contributed by atoms with E-state index in [9.17, 15) is 9.59 Å². The van der Waals surface area contributed by atoms with Crippen molar-refractivity contribution < 1.29 is 9.59 Å². The number of nitrogens with zero attached hydrogens (tertiary/aromatic N) is 4. The first kappa shape index (κ1) is 19.4. The van der Waals surface area contributed by atoms with Gasteiger partial charge in [-0.15, -0.1) is 10.2 Å². The summed E-state index contributed by atoms with van der Waals surface area (Å²) in [5.74, 6) is 0.633. The number of hydrogen-bond donors (Lipinski definition) is 1. The third-order valence-corrected chi connectivity index (χ3v) is 4.55. The van der Waals surface area contributed by atoms with Crippen LogP contribution in [0.5, 0.6) is 0 Å². The van der Waals surface area contributed by atoms with Gasteiger partial charge in [0.1, 0.15) is 6.04 Å². The minimum atomic E-state index is -0.635. The minimum absolute atomic E-state index is 0.0213. The van der Waals surface area contributed by atoms with Crippen LogP contribution in [0.2, 0.25) is 0 Å². The van der Waals surface area contributed by atoms with Crippen molar-refractivity contribution in [3.63, 3.8) is 0 Å². The molecule has 28 heavy (non-hydrogen) atoms. The van der Waals surface area contributed by atoms with Crippen LogP contribution in [0.15, 0.2) is 48.5 Å². The number of nitrogens with one attached hydrogen (secondary N) is 1. The molecule has 144 valence electrons. The molecule has 7 heteroatoms. The fourth-order valence-corrected chi connectivity index (χ4v) is 2.66. The minimum Gasteiger partial charge on any atom is -0.324 e. The van der Waals surface area contributed by atoms with Crippen LogP contribution in [0.1, 0.15) is 55.6 Å². The largest absolute Gasteiger partial charge is 0.324 e. The van der Waals surface area contributed by atoms with Gasteiger partial charge in [0, 0.05) is 16.8 Å². The summed E-state index contributed by atoms with van der Waals surface area (Å²) in [6.07, 6.45) is 0. The lowest BCUT2D eigenvalue weighted by molar-refractivity contribution is -0.119. The quantitative estimate of drug-likeness (QED) is 0.659. The number of anilines is 1. The number of tetrazole rings is 1. The van der Waals surface area contributed by atoms with Gasteiger partial charge in [-0.1, -0.05) is 38.1 Å². The van der Waals surface area contributed by atoms with Crippen LogP contribution < -0.4 is 5.32 Å². The fourth-order valence-electron chi connectivity index (χ4n) is 2.66. The van der Waals surface area contributed by atoms with Gasteiger partial charge in [0.25, 0.3) is 5.91 Å². The van der Waals surface area contributed by atoms with Crippen molar-refractivity contribution in [1.82, 2.24) is 20.2 Å². The molecule has 1 aromatic heterocycles. The van der Waals surface area contributed by atoms with Crippen molar-refractivity contribution >= 4 is 17.4 Å². The highest BCUT2D eigenvalue weighted by atomic mass is 16.2. The van der Waals surface area contributed by atoms with E-state index in [1.165, 1.54) is 17.3 Å². The highest BCUT2D eigenvalue weighted by Crippen LogP contribution is 2.20. The van der Waals surface area contributed by atoms with Gasteiger partial charge in [-0.25, -0.2) is 0 Å². The van der Waals surface area contributed by atoms with E-state index in [0.717, 1.165) is 5.56 Å². The molecule has 0 spiro atoms. The predicted molar refractivity (Wildman–Crippen MR) is 107 cm³/mol. The summed E-state index contributed by atoms with van der Waals surface area (Å²) in [5.41, 5.74) is 3.28. The van der Waals surface area contributed by atoms with E-state index in [1.807, 2.05) is 24.3 Å². The Morgan fingerprint density at radius 1 is 0.964 bits per heavy atom. The summed E-state index contributed by atoms with van der Waals surface area (Å²) in [6, 6.07) is 14.1. The molecule has 3 rings (SSSR count). The molecule has 0 aliphatic heterocycles. The van der Waals surface area contributed by atoms with Crippen LogP contribution in [0.25, 0.3) is 11.4 Å². The van der Waals surface area contributed by atoms with Crippen LogP contribution in [-0.2, 0) is 4.79 Å². The Morgan fingerprint density at radius 2 is 1.61 bits per heavy atom. The molecule has 1 N–H and O–H groups in total. The zero-order valence-electron chi connectivity index (χ0n) is 16.4. The Bertz CT molecular complexity index is 975. The Kier molecular flexibility index (Phi) is 5.63. The number of ketones is 1. The molecule has 1 heterocycles. The first-order valence-electron chi connectivity index (χ1n) is 9.17. The maximum atomic E-state index is 12.5. The number of carbonyl (C=O) groups is 2. The van der Waals surface area contributed by atoms with Gasteiger partial charge in [-0.3, -0.25) is 9.59 Å². The van der Waals surface area contributed by atoms with Crippen LogP contribution in [0.4, 0.5) is 5.69 Å². The molecule has 0 aliphatic rings. The molecule has 0 radical (unpaired) electrons. The van der Waals surface area contributed by atoms with Crippen LogP contribution in [-0.4, -0.2) is 31.9 Å². The molecule has 0 aliphatic carbocycles. The Morgan fingerprint density at radius 3 is 2.18 bits per heavy atom. The normalized spacial score (nSPS) is 12.0. The van der Waals surface area contributed by atoms with Crippen LogP contribution in [0, 0.1) is 0 Å². The first-order chi connectivity index (χ1) is 13.3. The number of carbonyl (C=O) groups excluding carboxylic acids is 2. The molecule has 0 fully saturated rings. The van der Waals surface area contributed by atoms with Crippen LogP contribution in [0.3, 0.4) is 0 Å². The molecule has 0 unspecified atom stereocenters. The van der Waals surface area contributed by atoms with Gasteiger partial charge in [0.15, 0.2) is 5.78 Å². The number of rotatable bonds is 6. The van der Waals surface area contributed by atoms with E-state index in [0.29, 0.717) is 23.0 Å². The van der Waals surface area contributed by atoms with Crippen LogP contribution >= 0.6 is 0 Å². The number of amides is 1. The van der Waals surface area contributed by atoms with E-state index in [-0.39, 0.29) is 11.7 Å². The molecule has 2 aromatic carbocycles. The van der Waals surface area contributed by atoms with Crippen molar-refractivity contribution in [1.29, 1.82) is 0 Å². The number of aromatic nitrogens is 4. The molecular weight excluding hydrogens is 354 g/mol. The highest BCUT2D eigenvalue weighted by Gasteiger charge is 2.19. The summed E-state index contributed by atoms with van der Waals surface area (Å²) in [5, 5.41) is 15.2. The lowest BCUT2D eigenvalue weighted by Crippen LogP contribution is -2.25. The van der Waals surface area contributed by atoms with Crippen molar-refractivity contribution in [2.75, 3.05) is 5.32 Å². The Balaban J connectivity index is 1.69. The summed E-state index contributed by atoms with van der Waals surface area (Å²) >= 11 is 0. The second-order valence-corrected chi connectivity index (χ2v) is 7.01. The molecule has 0 saturated carbocycles. The van der Waals surface area contributed by atoms with E-state index >= 15 is 0 Å². The second kappa shape index (κ2) is 8.12. The highest BCUT2D eigenvalue weighted by molar-refractivity contribution is 5.96. The first-order valence-corrected chi connectivity index (χ1v) is 9.17. The van der Waals surface area contributed by atoms with Gasteiger partial charge >= 0.3 is 0 Å². The smallest absolute Gasteiger partial charge is 0.250 e. The molecule has 1 atom stereocenters. The molecule has 7 nitrogen and oxygen atoms in total. The summed E-state index contributed by atoms with van der Waals surface area (Å²) in [6.45, 7) is 7.47. The standard InChI is InChI=1S/C21H23N5O2/c1-13(2)16-5-7-18(8-6-16)20-23-25-26(24-20)14(3)21(28)22-19-11-9-17(10-12-19)15(4)27/h5-14H,1-4H3,(H,22,28)/t14-/m1/s1. The second-order valence-electron chi connectivity index (χ2n) is 7.01. The summed E-state index contributed by atoms with van der Waals surface area (Å²) in [7, 11) is 0. The fraction of sp³-hybridized carbons (Fsp3) is 0.286. The molecule has 1 amide bonds. The van der Waals surface area contributed by atoms with Gasteiger partial charge in [0.05, 0.1) is 0 Å². The number of Topliss-reactive ketones (excluding diaryl/α,β-unsaturated/α-hetero) is 1.